The fourth-order valence-electron chi connectivity index (χ4n) is 3.51. The molecule has 0 aliphatic carbocycles. The molecular weight excluding hydrogens is 328 g/mol. The zero-order chi connectivity index (χ0) is 16.8. The molecule has 2 heterocycles. The predicted molar refractivity (Wildman–Crippen MR) is 104 cm³/mol. The molecule has 25 heavy (non-hydrogen) atoms. The molecule has 3 aromatic carbocycles. The molecule has 0 bridgehead atoms. The maximum atomic E-state index is 6.30. The molecule has 0 spiro atoms. The van der Waals surface area contributed by atoms with E-state index in [0.717, 1.165) is 39.9 Å². The Bertz CT molecular complexity index is 1030. The highest BCUT2D eigenvalue weighted by Crippen LogP contribution is 2.38. The Morgan fingerprint density at radius 1 is 0.880 bits per heavy atom. The van der Waals surface area contributed by atoms with Crippen LogP contribution in [0.15, 0.2) is 83.6 Å². The number of nitrogens with zero attached hydrogens (tertiary/aromatic N) is 2. The molecular formula is C22H15ClN2. The standard InChI is InChI=1S/C22H15ClN2/c23-18-10-11-20-19(13-18)22(15-6-2-1-3-7-15)24-21-12-16-8-4-5-9-17(16)14-25(20)21/h1-13H,14H2. The normalized spacial score (nSPS) is 14.8. The van der Waals surface area contributed by atoms with Gasteiger partial charge in [0, 0.05) is 16.1 Å². The molecule has 0 saturated carbocycles. The van der Waals surface area contributed by atoms with Crippen molar-refractivity contribution in [1.29, 1.82) is 0 Å². The molecule has 0 atom stereocenters. The van der Waals surface area contributed by atoms with Crippen LogP contribution in [0.25, 0.3) is 6.08 Å². The zero-order valence-corrected chi connectivity index (χ0v) is 14.2. The van der Waals surface area contributed by atoms with Crippen molar-refractivity contribution in [2.45, 2.75) is 6.54 Å². The molecule has 2 nitrogen and oxygen atoms in total. The van der Waals surface area contributed by atoms with Crippen LogP contribution in [0.3, 0.4) is 0 Å². The topological polar surface area (TPSA) is 15.6 Å². The van der Waals surface area contributed by atoms with Crippen LogP contribution in [0.5, 0.6) is 0 Å². The van der Waals surface area contributed by atoms with E-state index in [2.05, 4.69) is 53.4 Å². The second-order valence-electron chi connectivity index (χ2n) is 6.28. The van der Waals surface area contributed by atoms with Gasteiger partial charge in [0.05, 0.1) is 17.9 Å². The molecule has 3 aromatic rings. The smallest absolute Gasteiger partial charge is 0.134 e. The van der Waals surface area contributed by atoms with Crippen LogP contribution in [0, 0.1) is 0 Å². The first kappa shape index (κ1) is 14.5. The Kier molecular flexibility index (Phi) is 3.25. The van der Waals surface area contributed by atoms with Crippen molar-refractivity contribution in [2.24, 2.45) is 4.99 Å². The van der Waals surface area contributed by atoms with Gasteiger partial charge in [-0.05, 0) is 35.4 Å². The summed E-state index contributed by atoms with van der Waals surface area (Å²) in [6.45, 7) is 0.822. The van der Waals surface area contributed by atoms with E-state index in [9.17, 15) is 0 Å². The van der Waals surface area contributed by atoms with Gasteiger partial charge in [-0.2, -0.15) is 0 Å². The number of rotatable bonds is 1. The highest BCUT2D eigenvalue weighted by Gasteiger charge is 2.28. The number of hydrogen-bond donors (Lipinski definition) is 0. The number of halogens is 1. The fraction of sp³-hybridized carbons (Fsp3) is 0.0455. The van der Waals surface area contributed by atoms with Gasteiger partial charge in [-0.3, -0.25) is 0 Å². The maximum absolute atomic E-state index is 6.30. The first-order valence-corrected chi connectivity index (χ1v) is 8.68. The number of hydrogen-bond acceptors (Lipinski definition) is 2. The van der Waals surface area contributed by atoms with E-state index in [-0.39, 0.29) is 0 Å². The highest BCUT2D eigenvalue weighted by atomic mass is 35.5. The van der Waals surface area contributed by atoms with Crippen LogP contribution in [0.4, 0.5) is 5.69 Å². The summed E-state index contributed by atoms with van der Waals surface area (Å²) in [5.41, 5.74) is 6.85. The van der Waals surface area contributed by atoms with Crippen molar-refractivity contribution in [1.82, 2.24) is 0 Å². The van der Waals surface area contributed by atoms with Gasteiger partial charge in [-0.25, -0.2) is 4.99 Å². The van der Waals surface area contributed by atoms with Gasteiger partial charge in [0.2, 0.25) is 0 Å². The number of aliphatic imine (C=N–C) groups is 1. The summed E-state index contributed by atoms with van der Waals surface area (Å²) in [6, 6.07) is 24.8. The van der Waals surface area contributed by atoms with Gasteiger partial charge in [0.25, 0.3) is 0 Å². The lowest BCUT2D eigenvalue weighted by Crippen LogP contribution is -2.30. The van der Waals surface area contributed by atoms with Crippen molar-refractivity contribution < 1.29 is 0 Å². The van der Waals surface area contributed by atoms with Gasteiger partial charge in [0.1, 0.15) is 5.82 Å². The lowest BCUT2D eigenvalue weighted by Gasteiger charge is -2.35. The minimum absolute atomic E-state index is 0.729. The van der Waals surface area contributed by atoms with E-state index in [1.807, 2.05) is 30.3 Å². The Hall–Kier alpha value is -2.84. The maximum Gasteiger partial charge on any atom is 0.134 e. The number of fused-ring (bicyclic) bond motifs is 4. The molecule has 5 rings (SSSR count). The molecule has 120 valence electrons. The van der Waals surface area contributed by atoms with Gasteiger partial charge in [-0.15, -0.1) is 0 Å². The molecule has 3 heteroatoms. The number of benzene rings is 3. The third kappa shape index (κ3) is 2.38. The van der Waals surface area contributed by atoms with Crippen molar-refractivity contribution in [2.75, 3.05) is 4.90 Å². The minimum Gasteiger partial charge on any atom is -0.321 e. The van der Waals surface area contributed by atoms with Crippen molar-refractivity contribution in [3.8, 4) is 0 Å². The first-order valence-electron chi connectivity index (χ1n) is 8.31. The Balaban J connectivity index is 1.76. The summed E-state index contributed by atoms with van der Waals surface area (Å²) in [5.74, 6) is 0.979. The third-order valence-electron chi connectivity index (χ3n) is 4.72. The Morgan fingerprint density at radius 2 is 1.68 bits per heavy atom. The highest BCUT2D eigenvalue weighted by molar-refractivity contribution is 6.31. The average molecular weight is 343 g/mol. The zero-order valence-electron chi connectivity index (χ0n) is 13.5. The molecule has 2 aliphatic rings. The van der Waals surface area contributed by atoms with Crippen LogP contribution >= 0.6 is 11.6 Å². The van der Waals surface area contributed by atoms with Crippen molar-refractivity contribution in [3.05, 3.63) is 106 Å². The summed E-state index contributed by atoms with van der Waals surface area (Å²) >= 11 is 6.30. The van der Waals surface area contributed by atoms with Gasteiger partial charge in [-0.1, -0.05) is 66.2 Å². The quantitative estimate of drug-likeness (QED) is 0.569. The number of anilines is 1. The van der Waals surface area contributed by atoms with Crippen molar-refractivity contribution in [3.63, 3.8) is 0 Å². The third-order valence-corrected chi connectivity index (χ3v) is 4.96. The molecule has 0 N–H and O–H groups in total. The summed E-state index contributed by atoms with van der Waals surface area (Å²) in [4.78, 5) is 7.26. The minimum atomic E-state index is 0.729. The predicted octanol–water partition coefficient (Wildman–Crippen LogP) is 5.51. The van der Waals surface area contributed by atoms with Gasteiger partial charge < -0.3 is 4.90 Å². The molecule has 0 amide bonds. The van der Waals surface area contributed by atoms with Crippen LogP contribution in [0.2, 0.25) is 5.02 Å². The molecule has 0 saturated heterocycles. The second-order valence-corrected chi connectivity index (χ2v) is 6.71. The Labute approximate surface area is 151 Å². The molecule has 0 aromatic heterocycles. The lowest BCUT2D eigenvalue weighted by atomic mass is 9.95. The van der Waals surface area contributed by atoms with Crippen molar-refractivity contribution >= 4 is 29.1 Å². The van der Waals surface area contributed by atoms with Gasteiger partial charge >= 0.3 is 0 Å². The van der Waals surface area contributed by atoms with Gasteiger partial charge in [0.15, 0.2) is 0 Å². The SMILES string of the molecule is Clc1ccc2c(c1)C(c1ccccc1)=NC1=Cc3ccccc3CN12. The molecule has 2 aliphatic heterocycles. The van der Waals surface area contributed by atoms with E-state index in [1.54, 1.807) is 0 Å². The molecule has 0 fully saturated rings. The summed E-state index contributed by atoms with van der Waals surface area (Å²) in [6.07, 6.45) is 2.17. The van der Waals surface area contributed by atoms with Crippen LogP contribution in [-0.4, -0.2) is 5.71 Å². The molecule has 0 radical (unpaired) electrons. The van der Waals surface area contributed by atoms with Crippen LogP contribution in [-0.2, 0) is 6.54 Å². The summed E-state index contributed by atoms with van der Waals surface area (Å²) in [5, 5.41) is 0.729. The summed E-state index contributed by atoms with van der Waals surface area (Å²) in [7, 11) is 0. The second kappa shape index (κ2) is 5.61. The average Bonchev–Trinajstić information content (AvgIpc) is 2.66. The van der Waals surface area contributed by atoms with Crippen LogP contribution in [0.1, 0.15) is 22.3 Å². The summed E-state index contributed by atoms with van der Waals surface area (Å²) < 4.78 is 0. The lowest BCUT2D eigenvalue weighted by molar-refractivity contribution is 0.878. The Morgan fingerprint density at radius 3 is 2.56 bits per heavy atom. The van der Waals surface area contributed by atoms with Crippen LogP contribution < -0.4 is 4.90 Å². The first-order chi connectivity index (χ1) is 12.3. The van der Waals surface area contributed by atoms with E-state index in [4.69, 9.17) is 16.6 Å². The van der Waals surface area contributed by atoms with E-state index < -0.39 is 0 Å². The van der Waals surface area contributed by atoms with E-state index in [0.29, 0.717) is 0 Å². The fourth-order valence-corrected chi connectivity index (χ4v) is 3.68. The molecule has 0 unspecified atom stereocenters. The van der Waals surface area contributed by atoms with E-state index in [1.165, 1.54) is 11.1 Å². The van der Waals surface area contributed by atoms with E-state index >= 15 is 0 Å². The monoisotopic (exact) mass is 342 g/mol. The largest absolute Gasteiger partial charge is 0.321 e.